The minimum absolute atomic E-state index is 0.125. The summed E-state index contributed by atoms with van der Waals surface area (Å²) in [6.07, 6.45) is 5.62. The third kappa shape index (κ3) is 2.81. The van der Waals surface area contributed by atoms with E-state index in [0.717, 1.165) is 49.6 Å². The molecule has 0 atom stereocenters. The van der Waals surface area contributed by atoms with Crippen LogP contribution in [-0.2, 0) is 0 Å². The summed E-state index contributed by atoms with van der Waals surface area (Å²) in [6, 6.07) is 1.80. The van der Waals surface area contributed by atoms with Crippen molar-refractivity contribution >= 4 is 11.6 Å². The van der Waals surface area contributed by atoms with Gasteiger partial charge in [-0.1, -0.05) is 6.92 Å². The standard InChI is InChI=1S/C14H21N3O/c1-3-16-13-10-15-7-4-12(13)14(18)17-8-5-11(2)6-9-17/h4,7,10-11,16H,3,5-6,8-9H2,1-2H3. The summed E-state index contributed by atoms with van der Waals surface area (Å²) in [5.74, 6) is 0.861. The summed E-state index contributed by atoms with van der Waals surface area (Å²) in [5.41, 5.74) is 1.57. The van der Waals surface area contributed by atoms with E-state index in [4.69, 9.17) is 0 Å². The second kappa shape index (κ2) is 5.85. The Hall–Kier alpha value is -1.58. The van der Waals surface area contributed by atoms with Gasteiger partial charge >= 0.3 is 0 Å². The average molecular weight is 247 g/mol. The van der Waals surface area contributed by atoms with Crippen LogP contribution in [0.5, 0.6) is 0 Å². The summed E-state index contributed by atoms with van der Waals surface area (Å²) in [6.45, 7) is 6.80. The number of anilines is 1. The fourth-order valence-electron chi connectivity index (χ4n) is 2.29. The van der Waals surface area contributed by atoms with Crippen LogP contribution < -0.4 is 5.32 Å². The molecule has 4 heteroatoms. The number of likely N-dealkylation sites (tertiary alicyclic amines) is 1. The Morgan fingerprint density at radius 3 is 2.89 bits per heavy atom. The van der Waals surface area contributed by atoms with Crippen LogP contribution in [0.25, 0.3) is 0 Å². The maximum Gasteiger partial charge on any atom is 0.256 e. The number of piperidine rings is 1. The minimum Gasteiger partial charge on any atom is -0.383 e. The number of aromatic nitrogens is 1. The SMILES string of the molecule is CCNc1cnccc1C(=O)N1CCC(C)CC1. The molecule has 1 aromatic heterocycles. The Labute approximate surface area is 108 Å². The number of carbonyl (C=O) groups is 1. The first kappa shape index (κ1) is 12.9. The van der Waals surface area contributed by atoms with Crippen molar-refractivity contribution in [1.82, 2.24) is 9.88 Å². The number of amides is 1. The lowest BCUT2D eigenvalue weighted by Crippen LogP contribution is -2.38. The molecule has 1 fully saturated rings. The molecule has 4 nitrogen and oxygen atoms in total. The highest BCUT2D eigenvalue weighted by Crippen LogP contribution is 2.21. The predicted molar refractivity (Wildman–Crippen MR) is 72.7 cm³/mol. The van der Waals surface area contributed by atoms with E-state index in [2.05, 4.69) is 17.2 Å². The Balaban J connectivity index is 2.13. The molecule has 1 aliphatic rings. The summed E-state index contributed by atoms with van der Waals surface area (Å²) in [7, 11) is 0. The molecule has 1 amide bonds. The molecule has 0 radical (unpaired) electrons. The normalized spacial score (nSPS) is 16.7. The lowest BCUT2D eigenvalue weighted by Gasteiger charge is -2.30. The van der Waals surface area contributed by atoms with Gasteiger partial charge < -0.3 is 10.2 Å². The van der Waals surface area contributed by atoms with E-state index in [1.807, 2.05) is 11.8 Å². The quantitative estimate of drug-likeness (QED) is 0.892. The Morgan fingerprint density at radius 1 is 1.50 bits per heavy atom. The maximum absolute atomic E-state index is 12.5. The summed E-state index contributed by atoms with van der Waals surface area (Å²) < 4.78 is 0. The van der Waals surface area contributed by atoms with Gasteiger partial charge in [-0.15, -0.1) is 0 Å². The van der Waals surface area contributed by atoms with Gasteiger partial charge in [0, 0.05) is 25.8 Å². The van der Waals surface area contributed by atoms with E-state index in [-0.39, 0.29) is 5.91 Å². The molecular formula is C14H21N3O. The molecule has 18 heavy (non-hydrogen) atoms. The van der Waals surface area contributed by atoms with E-state index < -0.39 is 0 Å². The van der Waals surface area contributed by atoms with Gasteiger partial charge in [0.1, 0.15) is 0 Å². The van der Waals surface area contributed by atoms with Crippen molar-refractivity contribution in [3.63, 3.8) is 0 Å². The maximum atomic E-state index is 12.5. The molecule has 0 saturated carbocycles. The van der Waals surface area contributed by atoms with Crippen LogP contribution in [0.2, 0.25) is 0 Å². The van der Waals surface area contributed by atoms with E-state index >= 15 is 0 Å². The van der Waals surface area contributed by atoms with Crippen LogP contribution >= 0.6 is 0 Å². The highest BCUT2D eigenvalue weighted by molar-refractivity contribution is 5.99. The smallest absolute Gasteiger partial charge is 0.256 e. The lowest BCUT2D eigenvalue weighted by atomic mass is 9.98. The molecule has 1 aromatic rings. The molecule has 1 aliphatic heterocycles. The highest BCUT2D eigenvalue weighted by Gasteiger charge is 2.22. The van der Waals surface area contributed by atoms with Crippen molar-refractivity contribution in [3.05, 3.63) is 24.0 Å². The van der Waals surface area contributed by atoms with Crippen molar-refractivity contribution in [2.24, 2.45) is 5.92 Å². The second-order valence-corrected chi connectivity index (χ2v) is 4.93. The lowest BCUT2D eigenvalue weighted by molar-refractivity contribution is 0.0698. The Bertz CT molecular complexity index is 411. The molecule has 1 N–H and O–H groups in total. The van der Waals surface area contributed by atoms with Crippen LogP contribution in [-0.4, -0.2) is 35.4 Å². The molecule has 98 valence electrons. The van der Waals surface area contributed by atoms with Crippen molar-refractivity contribution in [2.75, 3.05) is 25.0 Å². The minimum atomic E-state index is 0.125. The third-order valence-corrected chi connectivity index (χ3v) is 3.49. The van der Waals surface area contributed by atoms with Gasteiger partial charge in [-0.3, -0.25) is 9.78 Å². The first-order chi connectivity index (χ1) is 8.72. The van der Waals surface area contributed by atoms with Crippen molar-refractivity contribution < 1.29 is 4.79 Å². The van der Waals surface area contributed by atoms with Crippen molar-refractivity contribution in [1.29, 1.82) is 0 Å². The molecule has 2 heterocycles. The summed E-state index contributed by atoms with van der Waals surface area (Å²) >= 11 is 0. The molecule has 0 bridgehead atoms. The van der Waals surface area contributed by atoms with Crippen molar-refractivity contribution in [3.8, 4) is 0 Å². The molecule has 0 spiro atoms. The number of nitrogens with zero attached hydrogens (tertiary/aromatic N) is 2. The van der Waals surface area contributed by atoms with Crippen LogP contribution in [0.4, 0.5) is 5.69 Å². The first-order valence-corrected chi connectivity index (χ1v) is 6.69. The number of pyridine rings is 1. The fourth-order valence-corrected chi connectivity index (χ4v) is 2.29. The second-order valence-electron chi connectivity index (χ2n) is 4.93. The van der Waals surface area contributed by atoms with E-state index in [1.165, 1.54) is 0 Å². The van der Waals surface area contributed by atoms with Gasteiger partial charge in [-0.25, -0.2) is 0 Å². The van der Waals surface area contributed by atoms with Gasteiger partial charge in [-0.05, 0) is 31.7 Å². The third-order valence-electron chi connectivity index (χ3n) is 3.49. The number of nitrogens with one attached hydrogen (secondary N) is 1. The number of rotatable bonds is 3. The van der Waals surface area contributed by atoms with Gasteiger partial charge in [0.2, 0.25) is 0 Å². The zero-order valence-electron chi connectivity index (χ0n) is 11.1. The topological polar surface area (TPSA) is 45.2 Å². The number of hydrogen-bond donors (Lipinski definition) is 1. The van der Waals surface area contributed by atoms with Crippen LogP contribution in [0, 0.1) is 5.92 Å². The number of hydrogen-bond acceptors (Lipinski definition) is 3. The van der Waals surface area contributed by atoms with Crippen LogP contribution in [0.1, 0.15) is 37.0 Å². The van der Waals surface area contributed by atoms with Gasteiger partial charge in [0.25, 0.3) is 5.91 Å². The first-order valence-electron chi connectivity index (χ1n) is 6.69. The molecule has 2 rings (SSSR count). The largest absolute Gasteiger partial charge is 0.383 e. The molecule has 0 aromatic carbocycles. The summed E-state index contributed by atoms with van der Waals surface area (Å²) in [5, 5.41) is 3.19. The van der Waals surface area contributed by atoms with Gasteiger partial charge in [0.15, 0.2) is 0 Å². The zero-order valence-corrected chi connectivity index (χ0v) is 11.1. The van der Waals surface area contributed by atoms with E-state index in [9.17, 15) is 4.79 Å². The van der Waals surface area contributed by atoms with Gasteiger partial charge in [0.05, 0.1) is 17.4 Å². The van der Waals surface area contributed by atoms with Crippen LogP contribution in [0.15, 0.2) is 18.5 Å². The molecular weight excluding hydrogens is 226 g/mol. The van der Waals surface area contributed by atoms with Gasteiger partial charge in [-0.2, -0.15) is 0 Å². The number of carbonyl (C=O) groups excluding carboxylic acids is 1. The van der Waals surface area contributed by atoms with E-state index in [0.29, 0.717) is 0 Å². The average Bonchev–Trinajstić information content (AvgIpc) is 2.40. The van der Waals surface area contributed by atoms with Crippen LogP contribution in [0.3, 0.4) is 0 Å². The van der Waals surface area contributed by atoms with E-state index in [1.54, 1.807) is 18.5 Å². The van der Waals surface area contributed by atoms with Crippen molar-refractivity contribution in [2.45, 2.75) is 26.7 Å². The zero-order chi connectivity index (χ0) is 13.0. The highest BCUT2D eigenvalue weighted by atomic mass is 16.2. The molecule has 0 unspecified atom stereocenters. The fraction of sp³-hybridized carbons (Fsp3) is 0.571. The monoisotopic (exact) mass is 247 g/mol. The molecule has 1 saturated heterocycles. The summed E-state index contributed by atoms with van der Waals surface area (Å²) in [4.78, 5) is 18.5. The Morgan fingerprint density at radius 2 is 2.22 bits per heavy atom. The predicted octanol–water partition coefficient (Wildman–Crippen LogP) is 2.39. The Kier molecular flexibility index (Phi) is 4.18. The molecule has 0 aliphatic carbocycles.